The number of carbonyl (C=O) groups is 1. The molecule has 2 heterocycles. The second-order valence-corrected chi connectivity index (χ2v) is 5.53. The van der Waals surface area contributed by atoms with Crippen LogP contribution in [0.4, 0.5) is 0 Å². The van der Waals surface area contributed by atoms with Crippen molar-refractivity contribution >= 4 is 5.91 Å². The molecule has 1 saturated heterocycles. The molecule has 10 nitrogen and oxygen atoms in total. The Bertz CT molecular complexity index is 779. The molecule has 1 aromatic heterocycles. The molecule has 0 aromatic carbocycles. The molecule has 1 unspecified atom stereocenters. The lowest BCUT2D eigenvalue weighted by molar-refractivity contribution is -0.121. The zero-order chi connectivity index (χ0) is 18.6. The van der Waals surface area contributed by atoms with Crippen LogP contribution in [-0.4, -0.2) is 62.2 Å². The molecule has 10 heteroatoms. The first-order chi connectivity index (χ1) is 11.9. The number of aliphatic hydroxyl groups excluding tert-OH is 3. The Balaban J connectivity index is 2.21. The van der Waals surface area contributed by atoms with Gasteiger partial charge in [0.1, 0.15) is 24.4 Å². The molecule has 5 N–H and O–H groups in total. The fourth-order valence-corrected chi connectivity index (χ4v) is 2.51. The minimum absolute atomic E-state index is 0.0339. The van der Waals surface area contributed by atoms with E-state index in [1.807, 2.05) is 0 Å². The summed E-state index contributed by atoms with van der Waals surface area (Å²) in [7, 11) is 0. The smallest absolute Gasteiger partial charge is 0.328 e. The second-order valence-electron chi connectivity index (χ2n) is 5.53. The van der Waals surface area contributed by atoms with E-state index in [2.05, 4.69) is 16.2 Å². The molecule has 0 aliphatic carbocycles. The first-order valence-corrected chi connectivity index (χ1v) is 7.55. The molecule has 1 aliphatic rings. The molecule has 2 rings (SSSR count). The van der Waals surface area contributed by atoms with Crippen molar-refractivity contribution in [2.75, 3.05) is 13.2 Å². The van der Waals surface area contributed by atoms with Crippen LogP contribution >= 0.6 is 0 Å². The highest BCUT2D eigenvalue weighted by Gasteiger charge is 2.44. The van der Waals surface area contributed by atoms with E-state index in [9.17, 15) is 24.6 Å². The Hall–Kier alpha value is -2.45. The van der Waals surface area contributed by atoms with Crippen LogP contribution in [0.3, 0.4) is 0 Å². The van der Waals surface area contributed by atoms with Gasteiger partial charge in [-0.2, -0.15) is 0 Å². The van der Waals surface area contributed by atoms with Crippen LogP contribution in [-0.2, 0) is 16.1 Å². The van der Waals surface area contributed by atoms with Gasteiger partial charge in [0.25, 0.3) is 5.56 Å². The lowest BCUT2D eigenvalue weighted by Gasteiger charge is -2.15. The third-order valence-corrected chi connectivity index (χ3v) is 3.85. The van der Waals surface area contributed by atoms with E-state index in [0.717, 1.165) is 10.8 Å². The van der Waals surface area contributed by atoms with Crippen LogP contribution in [0.5, 0.6) is 0 Å². The lowest BCUT2D eigenvalue weighted by Crippen LogP contribution is -2.36. The third kappa shape index (κ3) is 4.15. The van der Waals surface area contributed by atoms with Crippen molar-refractivity contribution < 1.29 is 24.9 Å². The van der Waals surface area contributed by atoms with Crippen molar-refractivity contribution in [3.63, 3.8) is 0 Å². The molecule has 1 amide bonds. The molecule has 0 radical (unpaired) electrons. The number of aromatic nitrogens is 2. The summed E-state index contributed by atoms with van der Waals surface area (Å²) in [6, 6.07) is 0. The number of aliphatic hydroxyl groups is 3. The maximum absolute atomic E-state index is 12.0. The van der Waals surface area contributed by atoms with Gasteiger partial charge in [0.05, 0.1) is 18.7 Å². The minimum atomic E-state index is -1.44. The maximum atomic E-state index is 12.0. The normalized spacial score (nSPS) is 25.5. The standard InChI is InChI=1S/C15H19N3O7/c1-2-4-16-10(20)3-5-18-6-8(14(23)17-15(18)24)13-12(22)11(21)9(7-19)25-13/h1,6,9,11-13,19,21-22H,3-5,7H2,(H,16,20)(H,17,23,24)/t9-,11+,12?,13+/m1/s1. The van der Waals surface area contributed by atoms with Gasteiger partial charge in [-0.1, -0.05) is 5.92 Å². The van der Waals surface area contributed by atoms with Crippen LogP contribution in [0, 0.1) is 12.3 Å². The summed E-state index contributed by atoms with van der Waals surface area (Å²) in [5, 5.41) is 31.3. The molecule has 1 fully saturated rings. The number of aromatic amines is 1. The Morgan fingerprint density at radius 2 is 2.12 bits per heavy atom. The molecule has 0 spiro atoms. The van der Waals surface area contributed by atoms with Gasteiger partial charge in [-0.15, -0.1) is 6.42 Å². The van der Waals surface area contributed by atoms with Crippen LogP contribution in [0.25, 0.3) is 0 Å². The Morgan fingerprint density at radius 3 is 2.72 bits per heavy atom. The van der Waals surface area contributed by atoms with E-state index in [-0.39, 0.29) is 31.0 Å². The largest absolute Gasteiger partial charge is 0.394 e. The summed E-state index contributed by atoms with van der Waals surface area (Å²) in [5.74, 6) is 1.87. The first kappa shape index (κ1) is 18.9. The molecule has 136 valence electrons. The number of H-pyrrole nitrogens is 1. The SMILES string of the molecule is C#CCNC(=O)CCn1cc([C@@H]2O[C@H](CO)[C@H](O)C2O)c(=O)[nH]c1=O. The average molecular weight is 353 g/mol. The molecular formula is C15H19N3O7. The highest BCUT2D eigenvalue weighted by atomic mass is 16.6. The van der Waals surface area contributed by atoms with Crippen LogP contribution in [0.15, 0.2) is 15.8 Å². The molecular weight excluding hydrogens is 334 g/mol. The summed E-state index contributed by atoms with van der Waals surface area (Å²) in [5.41, 5.74) is -1.61. The highest BCUT2D eigenvalue weighted by molar-refractivity contribution is 5.76. The van der Waals surface area contributed by atoms with E-state index in [1.54, 1.807) is 0 Å². The van der Waals surface area contributed by atoms with Crippen molar-refractivity contribution in [2.45, 2.75) is 37.4 Å². The van der Waals surface area contributed by atoms with Gasteiger partial charge in [0.15, 0.2) is 0 Å². The van der Waals surface area contributed by atoms with Gasteiger partial charge in [0.2, 0.25) is 5.91 Å². The van der Waals surface area contributed by atoms with Crippen molar-refractivity contribution in [3.8, 4) is 12.3 Å². The van der Waals surface area contributed by atoms with Gasteiger partial charge in [0, 0.05) is 19.2 Å². The number of amides is 1. The number of nitrogens with one attached hydrogen (secondary N) is 2. The maximum Gasteiger partial charge on any atom is 0.328 e. The van der Waals surface area contributed by atoms with Gasteiger partial charge in [-0.05, 0) is 0 Å². The number of carbonyl (C=O) groups excluding carboxylic acids is 1. The summed E-state index contributed by atoms with van der Waals surface area (Å²) in [6.07, 6.45) is 1.07. The summed E-state index contributed by atoms with van der Waals surface area (Å²) in [4.78, 5) is 37.5. The third-order valence-electron chi connectivity index (χ3n) is 3.85. The fourth-order valence-electron chi connectivity index (χ4n) is 2.51. The summed E-state index contributed by atoms with van der Waals surface area (Å²) >= 11 is 0. The Kier molecular flexibility index (Phi) is 6.11. The van der Waals surface area contributed by atoms with E-state index >= 15 is 0 Å². The number of hydrogen-bond acceptors (Lipinski definition) is 7. The quantitative estimate of drug-likeness (QED) is 0.338. The molecule has 1 aliphatic heterocycles. The summed E-state index contributed by atoms with van der Waals surface area (Å²) in [6.45, 7) is -0.511. The predicted octanol–water partition coefficient (Wildman–Crippen LogP) is -3.17. The minimum Gasteiger partial charge on any atom is -0.394 e. The fraction of sp³-hybridized carbons (Fsp3) is 0.533. The molecule has 1 aromatic rings. The number of nitrogens with zero attached hydrogens (tertiary/aromatic N) is 1. The van der Waals surface area contributed by atoms with Crippen molar-refractivity contribution in [1.29, 1.82) is 0 Å². The zero-order valence-electron chi connectivity index (χ0n) is 13.2. The van der Waals surface area contributed by atoms with Gasteiger partial charge in [-0.3, -0.25) is 19.1 Å². The average Bonchev–Trinajstić information content (AvgIpc) is 2.87. The van der Waals surface area contributed by atoms with Gasteiger partial charge < -0.3 is 25.4 Å². The van der Waals surface area contributed by atoms with Crippen LogP contribution < -0.4 is 16.6 Å². The topological polar surface area (TPSA) is 154 Å². The number of ether oxygens (including phenoxy) is 1. The summed E-state index contributed by atoms with van der Waals surface area (Å²) < 4.78 is 6.37. The van der Waals surface area contributed by atoms with E-state index in [1.165, 1.54) is 0 Å². The lowest BCUT2D eigenvalue weighted by atomic mass is 10.0. The van der Waals surface area contributed by atoms with Gasteiger partial charge in [-0.25, -0.2) is 4.79 Å². The highest BCUT2D eigenvalue weighted by Crippen LogP contribution is 2.31. The molecule has 0 bridgehead atoms. The zero-order valence-corrected chi connectivity index (χ0v) is 13.2. The number of hydrogen-bond donors (Lipinski definition) is 5. The number of terminal acetylenes is 1. The number of rotatable bonds is 6. The monoisotopic (exact) mass is 353 g/mol. The van der Waals surface area contributed by atoms with Crippen molar-refractivity contribution in [3.05, 3.63) is 32.6 Å². The predicted molar refractivity (Wildman–Crippen MR) is 84.5 cm³/mol. The second kappa shape index (κ2) is 8.09. The van der Waals surface area contributed by atoms with Crippen molar-refractivity contribution in [2.24, 2.45) is 0 Å². The Morgan fingerprint density at radius 1 is 1.40 bits per heavy atom. The van der Waals surface area contributed by atoms with Crippen molar-refractivity contribution in [1.82, 2.24) is 14.9 Å². The van der Waals surface area contributed by atoms with Gasteiger partial charge >= 0.3 is 5.69 Å². The van der Waals surface area contributed by atoms with E-state index < -0.39 is 42.3 Å². The molecule has 25 heavy (non-hydrogen) atoms. The van der Waals surface area contributed by atoms with E-state index in [4.69, 9.17) is 16.3 Å². The Labute approximate surface area is 142 Å². The molecule has 0 saturated carbocycles. The number of aryl methyl sites for hydroxylation is 1. The van der Waals surface area contributed by atoms with Crippen LogP contribution in [0.1, 0.15) is 18.1 Å². The molecule has 4 atom stereocenters. The van der Waals surface area contributed by atoms with Crippen LogP contribution in [0.2, 0.25) is 0 Å². The van der Waals surface area contributed by atoms with E-state index in [0.29, 0.717) is 0 Å². The first-order valence-electron chi connectivity index (χ1n) is 7.55.